The minimum atomic E-state index is -0.204. The van der Waals surface area contributed by atoms with Gasteiger partial charge in [0.15, 0.2) is 11.6 Å². The van der Waals surface area contributed by atoms with E-state index in [0.29, 0.717) is 18.1 Å². The van der Waals surface area contributed by atoms with Crippen LogP contribution < -0.4 is 5.32 Å². The van der Waals surface area contributed by atoms with Crippen molar-refractivity contribution >= 4 is 21.8 Å². The van der Waals surface area contributed by atoms with Gasteiger partial charge in [-0.15, -0.1) is 0 Å². The standard InChI is InChI=1S/C14H15BrN2O2/c1-9-11(4-3-5-12(9)15)6-7-16-14(18)13-8-19-10(2)17-13/h3-5,8H,6-7H2,1-2H3,(H,16,18). The van der Waals surface area contributed by atoms with Crippen LogP contribution >= 0.6 is 15.9 Å². The number of carbonyl (C=O) groups is 1. The normalized spacial score (nSPS) is 10.5. The first-order valence-electron chi connectivity index (χ1n) is 6.02. The smallest absolute Gasteiger partial charge is 0.273 e. The predicted octanol–water partition coefficient (Wildman–Crippen LogP) is 3.03. The molecule has 2 aromatic rings. The quantitative estimate of drug-likeness (QED) is 0.941. The molecule has 100 valence electrons. The highest BCUT2D eigenvalue weighted by atomic mass is 79.9. The van der Waals surface area contributed by atoms with Gasteiger partial charge in [-0.25, -0.2) is 4.98 Å². The van der Waals surface area contributed by atoms with E-state index >= 15 is 0 Å². The molecule has 0 radical (unpaired) electrons. The number of oxazole rings is 1. The molecule has 0 bridgehead atoms. The summed E-state index contributed by atoms with van der Waals surface area (Å²) in [5.74, 6) is 0.289. The highest BCUT2D eigenvalue weighted by Gasteiger charge is 2.10. The lowest BCUT2D eigenvalue weighted by molar-refractivity contribution is 0.0949. The number of nitrogens with one attached hydrogen (secondary N) is 1. The van der Waals surface area contributed by atoms with Gasteiger partial charge in [0.25, 0.3) is 5.91 Å². The molecule has 1 N–H and O–H groups in total. The predicted molar refractivity (Wildman–Crippen MR) is 76.2 cm³/mol. The molecule has 0 aliphatic rings. The summed E-state index contributed by atoms with van der Waals surface area (Å²) in [7, 11) is 0. The van der Waals surface area contributed by atoms with Crippen LogP contribution in [0.15, 0.2) is 33.4 Å². The second kappa shape index (κ2) is 6.02. The van der Waals surface area contributed by atoms with Gasteiger partial charge in [0.1, 0.15) is 6.26 Å². The first-order chi connectivity index (χ1) is 9.08. The summed E-state index contributed by atoms with van der Waals surface area (Å²) in [6, 6.07) is 6.07. The Morgan fingerprint density at radius 1 is 1.42 bits per heavy atom. The SMILES string of the molecule is Cc1nc(C(=O)NCCc2cccc(Br)c2C)co1. The Morgan fingerprint density at radius 3 is 2.89 bits per heavy atom. The van der Waals surface area contributed by atoms with E-state index in [1.807, 2.05) is 12.1 Å². The van der Waals surface area contributed by atoms with E-state index in [1.54, 1.807) is 6.92 Å². The summed E-state index contributed by atoms with van der Waals surface area (Å²) in [5, 5.41) is 2.83. The fourth-order valence-electron chi connectivity index (χ4n) is 1.79. The molecule has 4 nitrogen and oxygen atoms in total. The summed E-state index contributed by atoms with van der Waals surface area (Å²) in [6.07, 6.45) is 2.16. The lowest BCUT2D eigenvalue weighted by Crippen LogP contribution is -2.26. The first-order valence-corrected chi connectivity index (χ1v) is 6.81. The van der Waals surface area contributed by atoms with Gasteiger partial charge in [0.05, 0.1) is 0 Å². The van der Waals surface area contributed by atoms with Crippen molar-refractivity contribution in [1.29, 1.82) is 0 Å². The highest BCUT2D eigenvalue weighted by molar-refractivity contribution is 9.10. The summed E-state index contributed by atoms with van der Waals surface area (Å²) in [5.41, 5.74) is 2.74. The van der Waals surface area contributed by atoms with Crippen LogP contribution in [0.25, 0.3) is 0 Å². The van der Waals surface area contributed by atoms with Crippen LogP contribution in [0.1, 0.15) is 27.5 Å². The number of carbonyl (C=O) groups excluding carboxylic acids is 1. The Morgan fingerprint density at radius 2 is 2.21 bits per heavy atom. The second-order valence-electron chi connectivity index (χ2n) is 4.28. The minimum Gasteiger partial charge on any atom is -0.448 e. The van der Waals surface area contributed by atoms with Crippen LogP contribution in [0, 0.1) is 13.8 Å². The zero-order chi connectivity index (χ0) is 13.8. The zero-order valence-corrected chi connectivity index (χ0v) is 12.5. The molecule has 0 fully saturated rings. The Bertz CT molecular complexity index is 593. The molecule has 1 amide bonds. The van der Waals surface area contributed by atoms with Gasteiger partial charge in [-0.2, -0.15) is 0 Å². The van der Waals surface area contributed by atoms with Crippen molar-refractivity contribution in [3.63, 3.8) is 0 Å². The largest absolute Gasteiger partial charge is 0.448 e. The Balaban J connectivity index is 1.90. The number of hydrogen-bond donors (Lipinski definition) is 1. The third-order valence-electron chi connectivity index (χ3n) is 2.91. The molecule has 5 heteroatoms. The van der Waals surface area contributed by atoms with Crippen molar-refractivity contribution in [2.45, 2.75) is 20.3 Å². The third-order valence-corrected chi connectivity index (χ3v) is 3.77. The van der Waals surface area contributed by atoms with Crippen molar-refractivity contribution in [2.75, 3.05) is 6.54 Å². The minimum absolute atomic E-state index is 0.204. The molecular formula is C14H15BrN2O2. The molecule has 0 unspecified atom stereocenters. The van der Waals surface area contributed by atoms with Gasteiger partial charge in [0.2, 0.25) is 0 Å². The summed E-state index contributed by atoms with van der Waals surface area (Å²) in [4.78, 5) is 15.7. The van der Waals surface area contributed by atoms with Crippen LogP contribution in [-0.4, -0.2) is 17.4 Å². The van der Waals surface area contributed by atoms with Crippen LogP contribution in [0.2, 0.25) is 0 Å². The van der Waals surface area contributed by atoms with E-state index in [1.165, 1.54) is 17.4 Å². The van der Waals surface area contributed by atoms with Gasteiger partial charge in [-0.05, 0) is 30.5 Å². The van der Waals surface area contributed by atoms with Crippen molar-refractivity contribution in [3.8, 4) is 0 Å². The maximum Gasteiger partial charge on any atom is 0.273 e. The van der Waals surface area contributed by atoms with Crippen LogP contribution in [0.3, 0.4) is 0 Å². The van der Waals surface area contributed by atoms with Crippen molar-refractivity contribution in [1.82, 2.24) is 10.3 Å². The van der Waals surface area contributed by atoms with Crippen molar-refractivity contribution < 1.29 is 9.21 Å². The molecule has 1 heterocycles. The molecule has 0 atom stereocenters. The monoisotopic (exact) mass is 322 g/mol. The molecule has 1 aromatic heterocycles. The van der Waals surface area contributed by atoms with Crippen molar-refractivity contribution in [2.24, 2.45) is 0 Å². The van der Waals surface area contributed by atoms with Gasteiger partial charge in [0, 0.05) is 17.9 Å². The summed E-state index contributed by atoms with van der Waals surface area (Å²) < 4.78 is 6.09. The molecule has 0 spiro atoms. The van der Waals surface area contributed by atoms with Gasteiger partial charge < -0.3 is 9.73 Å². The highest BCUT2D eigenvalue weighted by Crippen LogP contribution is 2.19. The fourth-order valence-corrected chi connectivity index (χ4v) is 2.20. The molecule has 19 heavy (non-hydrogen) atoms. The van der Waals surface area contributed by atoms with Gasteiger partial charge in [-0.3, -0.25) is 4.79 Å². The molecule has 0 saturated carbocycles. The van der Waals surface area contributed by atoms with Crippen LogP contribution in [0.4, 0.5) is 0 Å². The number of benzene rings is 1. The average Bonchev–Trinajstić information content (AvgIpc) is 2.81. The number of aromatic nitrogens is 1. The number of aryl methyl sites for hydroxylation is 1. The average molecular weight is 323 g/mol. The van der Waals surface area contributed by atoms with Crippen molar-refractivity contribution in [3.05, 3.63) is 51.6 Å². The summed E-state index contributed by atoms with van der Waals surface area (Å²) in [6.45, 7) is 4.34. The number of nitrogens with zero attached hydrogens (tertiary/aromatic N) is 1. The topological polar surface area (TPSA) is 55.1 Å². The van der Waals surface area contributed by atoms with E-state index in [4.69, 9.17) is 4.42 Å². The molecule has 0 aliphatic heterocycles. The Kier molecular flexibility index (Phi) is 4.37. The van der Waals surface area contributed by atoms with Crippen LogP contribution in [-0.2, 0) is 6.42 Å². The molecule has 2 rings (SSSR count). The number of rotatable bonds is 4. The number of halogens is 1. The van der Waals surface area contributed by atoms with Gasteiger partial charge in [-0.1, -0.05) is 28.1 Å². The fraction of sp³-hybridized carbons (Fsp3) is 0.286. The summed E-state index contributed by atoms with van der Waals surface area (Å²) >= 11 is 3.50. The van der Waals surface area contributed by atoms with E-state index in [2.05, 4.69) is 39.2 Å². The van der Waals surface area contributed by atoms with E-state index in [9.17, 15) is 4.79 Å². The maximum absolute atomic E-state index is 11.8. The number of hydrogen-bond acceptors (Lipinski definition) is 3. The lowest BCUT2D eigenvalue weighted by Gasteiger charge is -2.08. The molecule has 1 aromatic carbocycles. The molecular weight excluding hydrogens is 308 g/mol. The second-order valence-corrected chi connectivity index (χ2v) is 5.14. The van der Waals surface area contributed by atoms with E-state index in [0.717, 1.165) is 10.9 Å². The van der Waals surface area contributed by atoms with E-state index < -0.39 is 0 Å². The molecule has 0 aliphatic carbocycles. The molecule has 0 saturated heterocycles. The van der Waals surface area contributed by atoms with Gasteiger partial charge >= 0.3 is 0 Å². The first kappa shape index (κ1) is 13.8. The number of amides is 1. The third kappa shape index (κ3) is 3.44. The Hall–Kier alpha value is -1.62. The zero-order valence-electron chi connectivity index (χ0n) is 10.9. The maximum atomic E-state index is 11.8. The van der Waals surface area contributed by atoms with Crippen LogP contribution in [0.5, 0.6) is 0 Å². The lowest BCUT2D eigenvalue weighted by atomic mass is 10.1. The van der Waals surface area contributed by atoms with E-state index in [-0.39, 0.29) is 5.91 Å². The Labute approximate surface area is 120 Å².